The number of rotatable bonds is 6. The average molecular weight is 336 g/mol. The zero-order chi connectivity index (χ0) is 16.0. The molecule has 0 fully saturated rings. The molecule has 0 bridgehead atoms. The summed E-state index contributed by atoms with van der Waals surface area (Å²) in [5, 5.41) is 17.8. The second-order valence-corrected chi connectivity index (χ2v) is 4.60. The van der Waals surface area contributed by atoms with Gasteiger partial charge in [-0.3, -0.25) is 9.59 Å². The molecule has 0 aromatic carbocycles. The minimum Gasteiger partial charge on any atom is -0.480 e. The number of carboxylic acids is 1. The van der Waals surface area contributed by atoms with Crippen molar-refractivity contribution in [3.8, 4) is 0 Å². The third kappa shape index (κ3) is 5.16. The van der Waals surface area contributed by atoms with Crippen molar-refractivity contribution in [3.05, 3.63) is 21.9 Å². The van der Waals surface area contributed by atoms with Gasteiger partial charge in [-0.05, 0) is 12.5 Å². The van der Waals surface area contributed by atoms with E-state index in [0.29, 0.717) is 0 Å². The Labute approximate surface area is 129 Å². The van der Waals surface area contributed by atoms with E-state index < -0.39 is 23.9 Å². The fourth-order valence-electron chi connectivity index (χ4n) is 1.37. The average Bonchev–Trinajstić information content (AvgIpc) is 2.44. The van der Waals surface area contributed by atoms with Gasteiger partial charge in [0, 0.05) is 6.42 Å². The number of nitrogens with one attached hydrogen (secondary N) is 1. The summed E-state index contributed by atoms with van der Waals surface area (Å²) in [7, 11) is 1.18. The molecule has 0 aliphatic carbocycles. The predicted molar refractivity (Wildman–Crippen MR) is 72.2 cm³/mol. The van der Waals surface area contributed by atoms with Crippen LogP contribution in [-0.2, 0) is 14.3 Å². The van der Waals surface area contributed by atoms with Gasteiger partial charge in [0.1, 0.15) is 6.04 Å². The normalized spacial score (nSPS) is 11.6. The van der Waals surface area contributed by atoms with Gasteiger partial charge < -0.3 is 15.2 Å². The van der Waals surface area contributed by atoms with E-state index in [1.807, 2.05) is 0 Å². The zero-order valence-electron chi connectivity index (χ0n) is 10.8. The van der Waals surface area contributed by atoms with Crippen LogP contribution in [0.4, 0.5) is 0 Å². The van der Waals surface area contributed by atoms with Crippen LogP contribution in [0.2, 0.25) is 10.3 Å². The lowest BCUT2D eigenvalue weighted by atomic mass is 10.1. The van der Waals surface area contributed by atoms with Crippen LogP contribution < -0.4 is 5.32 Å². The van der Waals surface area contributed by atoms with Gasteiger partial charge in [0.25, 0.3) is 5.91 Å². The lowest BCUT2D eigenvalue weighted by Gasteiger charge is -2.14. The highest BCUT2D eigenvalue weighted by Gasteiger charge is 2.23. The SMILES string of the molecule is COC(=O)CC[C@H](NC(=O)c1cc(Cl)nnc1Cl)C(=O)O. The van der Waals surface area contributed by atoms with E-state index in [1.54, 1.807) is 0 Å². The molecule has 1 amide bonds. The maximum Gasteiger partial charge on any atom is 0.326 e. The lowest BCUT2D eigenvalue weighted by molar-refractivity contribution is -0.142. The number of halogens is 2. The van der Waals surface area contributed by atoms with E-state index in [2.05, 4.69) is 20.3 Å². The molecule has 114 valence electrons. The highest BCUT2D eigenvalue weighted by atomic mass is 35.5. The number of hydrogen-bond acceptors (Lipinski definition) is 6. The second kappa shape index (κ2) is 7.75. The summed E-state index contributed by atoms with van der Waals surface area (Å²) in [5.41, 5.74) is -0.110. The molecule has 0 radical (unpaired) electrons. The first-order valence-electron chi connectivity index (χ1n) is 5.64. The molecule has 1 atom stereocenters. The van der Waals surface area contributed by atoms with Crippen molar-refractivity contribution in [1.29, 1.82) is 0 Å². The number of esters is 1. The molecule has 1 rings (SSSR count). The standard InChI is InChI=1S/C11H11Cl2N3O5/c1-21-8(17)3-2-6(11(19)20)14-10(18)5-4-7(12)15-16-9(5)13/h4,6H,2-3H2,1H3,(H,14,18)(H,19,20)/t6-/m0/s1. The Hall–Kier alpha value is -1.93. The monoisotopic (exact) mass is 335 g/mol. The van der Waals surface area contributed by atoms with E-state index in [4.69, 9.17) is 28.3 Å². The summed E-state index contributed by atoms with van der Waals surface area (Å²) < 4.78 is 4.40. The number of ether oxygens (including phenoxy) is 1. The minimum atomic E-state index is -1.29. The molecule has 0 saturated carbocycles. The molecule has 0 unspecified atom stereocenters. The van der Waals surface area contributed by atoms with Crippen molar-refractivity contribution in [1.82, 2.24) is 15.5 Å². The molecule has 2 N–H and O–H groups in total. The van der Waals surface area contributed by atoms with Gasteiger partial charge in [-0.25, -0.2) is 4.79 Å². The first kappa shape index (κ1) is 17.1. The summed E-state index contributed by atoms with van der Waals surface area (Å²) in [4.78, 5) is 34.0. The first-order valence-corrected chi connectivity index (χ1v) is 6.40. The summed E-state index contributed by atoms with van der Waals surface area (Å²) in [5.74, 6) is -2.66. The molecule has 0 spiro atoms. The Morgan fingerprint density at radius 2 is 2.05 bits per heavy atom. The first-order chi connectivity index (χ1) is 9.85. The van der Waals surface area contributed by atoms with Crippen LogP contribution in [-0.4, -0.2) is 46.3 Å². The maximum atomic E-state index is 11.9. The fraction of sp³-hybridized carbons (Fsp3) is 0.364. The number of aromatic nitrogens is 2. The molecule has 21 heavy (non-hydrogen) atoms. The second-order valence-electron chi connectivity index (χ2n) is 3.85. The van der Waals surface area contributed by atoms with Gasteiger partial charge in [0.2, 0.25) is 0 Å². The van der Waals surface area contributed by atoms with Crippen LogP contribution in [0, 0.1) is 0 Å². The van der Waals surface area contributed by atoms with Crippen LogP contribution in [0.15, 0.2) is 6.07 Å². The smallest absolute Gasteiger partial charge is 0.326 e. The van der Waals surface area contributed by atoms with Gasteiger partial charge in [-0.15, -0.1) is 10.2 Å². The van der Waals surface area contributed by atoms with E-state index >= 15 is 0 Å². The summed E-state index contributed by atoms with van der Waals surface area (Å²) in [6, 6.07) is -0.120. The number of methoxy groups -OCH3 is 1. The number of carboxylic acid groups (broad SMARTS) is 1. The maximum absolute atomic E-state index is 11.9. The van der Waals surface area contributed by atoms with Crippen molar-refractivity contribution in [3.63, 3.8) is 0 Å². The van der Waals surface area contributed by atoms with Crippen LogP contribution in [0.5, 0.6) is 0 Å². The Balaban J connectivity index is 2.79. The number of nitrogens with zero attached hydrogens (tertiary/aromatic N) is 2. The Kier molecular flexibility index (Phi) is 6.32. The molecular weight excluding hydrogens is 325 g/mol. The molecular formula is C11H11Cl2N3O5. The molecule has 1 heterocycles. The fourth-order valence-corrected chi connectivity index (χ4v) is 1.69. The van der Waals surface area contributed by atoms with Crippen molar-refractivity contribution < 1.29 is 24.2 Å². The Morgan fingerprint density at radius 3 is 2.62 bits per heavy atom. The third-order valence-electron chi connectivity index (χ3n) is 2.43. The third-order valence-corrected chi connectivity index (χ3v) is 2.90. The highest BCUT2D eigenvalue weighted by molar-refractivity contribution is 6.34. The van der Waals surface area contributed by atoms with Crippen LogP contribution in [0.1, 0.15) is 23.2 Å². The Bertz CT molecular complexity index is 567. The lowest BCUT2D eigenvalue weighted by Crippen LogP contribution is -2.41. The molecule has 8 nitrogen and oxygen atoms in total. The molecule has 0 aliphatic rings. The number of carbonyl (C=O) groups excluding carboxylic acids is 2. The molecule has 0 aliphatic heterocycles. The van der Waals surface area contributed by atoms with Crippen molar-refractivity contribution in [2.45, 2.75) is 18.9 Å². The van der Waals surface area contributed by atoms with Crippen LogP contribution in [0.3, 0.4) is 0 Å². The molecule has 1 aromatic heterocycles. The van der Waals surface area contributed by atoms with Crippen LogP contribution >= 0.6 is 23.2 Å². The van der Waals surface area contributed by atoms with E-state index in [1.165, 1.54) is 7.11 Å². The van der Waals surface area contributed by atoms with Crippen molar-refractivity contribution >= 4 is 41.0 Å². The van der Waals surface area contributed by atoms with Crippen LogP contribution in [0.25, 0.3) is 0 Å². The van der Waals surface area contributed by atoms with E-state index in [9.17, 15) is 14.4 Å². The summed E-state index contributed by atoms with van der Waals surface area (Å²) in [6.45, 7) is 0. The van der Waals surface area contributed by atoms with Crippen molar-refractivity contribution in [2.24, 2.45) is 0 Å². The number of carbonyl (C=O) groups is 3. The molecule has 10 heteroatoms. The van der Waals surface area contributed by atoms with Gasteiger partial charge >= 0.3 is 11.9 Å². The quantitative estimate of drug-likeness (QED) is 0.742. The van der Waals surface area contributed by atoms with E-state index in [0.717, 1.165) is 6.07 Å². The summed E-state index contributed by atoms with van der Waals surface area (Å²) in [6.07, 6.45) is -0.283. The highest BCUT2D eigenvalue weighted by Crippen LogP contribution is 2.15. The number of hydrogen-bond donors (Lipinski definition) is 2. The zero-order valence-corrected chi connectivity index (χ0v) is 12.3. The van der Waals surface area contributed by atoms with E-state index in [-0.39, 0.29) is 28.7 Å². The molecule has 0 saturated heterocycles. The number of aliphatic carboxylic acids is 1. The van der Waals surface area contributed by atoms with Gasteiger partial charge in [-0.2, -0.15) is 0 Å². The molecule has 1 aromatic rings. The van der Waals surface area contributed by atoms with Gasteiger partial charge in [0.15, 0.2) is 10.3 Å². The minimum absolute atomic E-state index is 0.0639. The van der Waals surface area contributed by atoms with Gasteiger partial charge in [0.05, 0.1) is 12.7 Å². The predicted octanol–water partition coefficient (Wildman–Crippen LogP) is 0.920. The number of amides is 1. The largest absolute Gasteiger partial charge is 0.480 e. The Morgan fingerprint density at radius 1 is 1.38 bits per heavy atom. The van der Waals surface area contributed by atoms with Gasteiger partial charge in [-0.1, -0.05) is 23.2 Å². The summed E-state index contributed by atoms with van der Waals surface area (Å²) >= 11 is 11.3. The van der Waals surface area contributed by atoms with Crippen molar-refractivity contribution in [2.75, 3.05) is 7.11 Å². The topological polar surface area (TPSA) is 118 Å².